The van der Waals surface area contributed by atoms with Crippen molar-refractivity contribution in [1.29, 1.82) is 0 Å². The second-order valence-electron chi connectivity index (χ2n) is 3.09. The lowest BCUT2D eigenvalue weighted by atomic mass is 10.1. The Kier molecular flexibility index (Phi) is 4.93. The smallest absolute Gasteiger partial charge is 0.251 e. The van der Waals surface area contributed by atoms with Crippen molar-refractivity contribution >= 4 is 28.5 Å². The van der Waals surface area contributed by atoms with Gasteiger partial charge in [0.15, 0.2) is 0 Å². The fourth-order valence-electron chi connectivity index (χ4n) is 1.14. The Bertz CT molecular complexity index is 312. The highest BCUT2D eigenvalue weighted by Gasteiger charge is 2.03. The van der Waals surface area contributed by atoms with Crippen molar-refractivity contribution in [2.45, 2.75) is 17.8 Å². The van der Waals surface area contributed by atoms with E-state index in [0.29, 0.717) is 0 Å². The summed E-state index contributed by atoms with van der Waals surface area (Å²) in [4.78, 5) is 11.6. The van der Waals surface area contributed by atoms with Gasteiger partial charge < -0.3 is 5.32 Å². The lowest BCUT2D eigenvalue weighted by molar-refractivity contribution is 0.0953. The molecule has 0 atom stereocenters. The number of nitrogens with one attached hydrogen (secondary N) is 1. The molecule has 0 aliphatic carbocycles. The Labute approximate surface area is 98.2 Å². The van der Waals surface area contributed by atoms with E-state index in [1.165, 1.54) is 5.56 Å². The molecule has 14 heavy (non-hydrogen) atoms. The maximum absolute atomic E-state index is 11.6. The van der Waals surface area contributed by atoms with Crippen LogP contribution in [0.1, 0.15) is 29.3 Å². The van der Waals surface area contributed by atoms with Crippen LogP contribution in [-0.2, 0) is 4.43 Å². The van der Waals surface area contributed by atoms with Crippen molar-refractivity contribution in [2.75, 3.05) is 6.54 Å². The number of amides is 1. The summed E-state index contributed by atoms with van der Waals surface area (Å²) in [5, 5.41) is 2.86. The molecule has 0 spiro atoms. The van der Waals surface area contributed by atoms with Crippen LogP contribution in [0.5, 0.6) is 0 Å². The molecule has 3 heteroatoms. The third-order valence-corrected chi connectivity index (χ3v) is 2.76. The molecule has 0 saturated carbocycles. The number of halogens is 1. The van der Waals surface area contributed by atoms with Crippen LogP contribution < -0.4 is 5.32 Å². The van der Waals surface area contributed by atoms with Gasteiger partial charge in [-0.05, 0) is 24.1 Å². The molecular weight excluding hydrogens is 289 g/mol. The van der Waals surface area contributed by atoms with E-state index in [9.17, 15) is 4.79 Å². The zero-order valence-corrected chi connectivity index (χ0v) is 10.4. The maximum Gasteiger partial charge on any atom is 0.251 e. The van der Waals surface area contributed by atoms with Gasteiger partial charge in [0, 0.05) is 16.5 Å². The van der Waals surface area contributed by atoms with Gasteiger partial charge >= 0.3 is 0 Å². The van der Waals surface area contributed by atoms with E-state index in [1.54, 1.807) is 0 Å². The highest BCUT2D eigenvalue weighted by atomic mass is 127. The van der Waals surface area contributed by atoms with Gasteiger partial charge in [0.1, 0.15) is 0 Å². The second kappa shape index (κ2) is 6.01. The van der Waals surface area contributed by atoms with Gasteiger partial charge in [-0.3, -0.25) is 4.79 Å². The maximum atomic E-state index is 11.6. The molecule has 1 amide bonds. The van der Waals surface area contributed by atoms with E-state index < -0.39 is 0 Å². The first kappa shape index (κ1) is 11.5. The monoisotopic (exact) mass is 303 g/mol. The summed E-state index contributed by atoms with van der Waals surface area (Å²) in [6, 6.07) is 7.75. The summed E-state index contributed by atoms with van der Waals surface area (Å²) in [6.45, 7) is 2.79. The largest absolute Gasteiger partial charge is 0.352 e. The van der Waals surface area contributed by atoms with E-state index in [4.69, 9.17) is 0 Å². The van der Waals surface area contributed by atoms with Crippen LogP contribution in [0.3, 0.4) is 0 Å². The third-order valence-electron chi connectivity index (χ3n) is 1.88. The van der Waals surface area contributed by atoms with Gasteiger partial charge in [-0.25, -0.2) is 0 Å². The summed E-state index contributed by atoms with van der Waals surface area (Å²) < 4.78 is 0.937. The summed E-state index contributed by atoms with van der Waals surface area (Å²) in [6.07, 6.45) is 0.970. The first-order valence-electron chi connectivity index (χ1n) is 4.71. The molecular formula is C11H14INO. The van der Waals surface area contributed by atoms with Crippen molar-refractivity contribution in [3.05, 3.63) is 35.4 Å². The lowest BCUT2D eigenvalue weighted by Crippen LogP contribution is -2.23. The number of rotatable bonds is 4. The van der Waals surface area contributed by atoms with Crippen LogP contribution >= 0.6 is 22.6 Å². The van der Waals surface area contributed by atoms with Crippen LogP contribution in [0.4, 0.5) is 0 Å². The fourth-order valence-corrected chi connectivity index (χ4v) is 1.61. The average molecular weight is 303 g/mol. The number of carbonyl (C=O) groups excluding carboxylic acids is 1. The third kappa shape index (κ3) is 3.29. The van der Waals surface area contributed by atoms with Crippen LogP contribution in [0, 0.1) is 0 Å². The molecule has 0 aliphatic heterocycles. The van der Waals surface area contributed by atoms with E-state index in [-0.39, 0.29) is 5.91 Å². The summed E-state index contributed by atoms with van der Waals surface area (Å²) >= 11 is 2.29. The Morgan fingerprint density at radius 3 is 2.93 bits per heavy atom. The predicted octanol–water partition coefficient (Wildman–Crippen LogP) is 2.76. The molecule has 1 N–H and O–H groups in total. The second-order valence-corrected chi connectivity index (χ2v) is 3.85. The van der Waals surface area contributed by atoms with Crippen LogP contribution in [0.15, 0.2) is 24.3 Å². The topological polar surface area (TPSA) is 29.1 Å². The molecule has 0 aliphatic rings. The average Bonchev–Trinajstić information content (AvgIpc) is 2.26. The van der Waals surface area contributed by atoms with E-state index in [0.717, 1.165) is 23.0 Å². The molecule has 0 unspecified atom stereocenters. The predicted molar refractivity (Wildman–Crippen MR) is 66.8 cm³/mol. The molecule has 1 rings (SSSR count). The van der Waals surface area contributed by atoms with E-state index in [2.05, 4.69) is 27.9 Å². The minimum Gasteiger partial charge on any atom is -0.352 e. The zero-order chi connectivity index (χ0) is 10.4. The molecule has 0 bridgehead atoms. The molecule has 1 aromatic carbocycles. The number of hydrogen-bond acceptors (Lipinski definition) is 1. The Hall–Kier alpha value is -0.580. The zero-order valence-electron chi connectivity index (χ0n) is 8.22. The molecule has 0 aromatic heterocycles. The Morgan fingerprint density at radius 1 is 1.50 bits per heavy atom. The fraction of sp³-hybridized carbons (Fsp3) is 0.364. The quantitative estimate of drug-likeness (QED) is 0.672. The van der Waals surface area contributed by atoms with Crippen molar-refractivity contribution in [3.8, 4) is 0 Å². The molecule has 0 saturated heterocycles. The van der Waals surface area contributed by atoms with E-state index >= 15 is 0 Å². The van der Waals surface area contributed by atoms with Crippen molar-refractivity contribution in [1.82, 2.24) is 5.32 Å². The van der Waals surface area contributed by atoms with Gasteiger partial charge in [0.2, 0.25) is 0 Å². The van der Waals surface area contributed by atoms with Crippen molar-refractivity contribution < 1.29 is 4.79 Å². The number of alkyl halides is 1. The molecule has 0 fully saturated rings. The highest BCUT2D eigenvalue weighted by molar-refractivity contribution is 14.1. The first-order valence-corrected chi connectivity index (χ1v) is 6.23. The normalized spacial score (nSPS) is 9.86. The number of carbonyl (C=O) groups is 1. The highest BCUT2D eigenvalue weighted by Crippen LogP contribution is 2.08. The minimum atomic E-state index is 0.0264. The molecule has 0 radical (unpaired) electrons. The van der Waals surface area contributed by atoms with Gasteiger partial charge in [-0.15, -0.1) is 0 Å². The van der Waals surface area contributed by atoms with Gasteiger partial charge in [0.25, 0.3) is 5.91 Å². The standard InChI is InChI=1S/C11H14INO/c1-2-6-13-11(14)10-5-3-4-9(7-10)8-12/h3-5,7H,2,6,8H2,1H3,(H,13,14). The summed E-state index contributed by atoms with van der Waals surface area (Å²) in [5.41, 5.74) is 1.95. The van der Waals surface area contributed by atoms with Crippen LogP contribution in [0.25, 0.3) is 0 Å². The minimum absolute atomic E-state index is 0.0264. The van der Waals surface area contributed by atoms with Crippen LogP contribution in [0.2, 0.25) is 0 Å². The molecule has 1 aromatic rings. The van der Waals surface area contributed by atoms with Crippen molar-refractivity contribution in [2.24, 2.45) is 0 Å². The Morgan fingerprint density at radius 2 is 2.29 bits per heavy atom. The first-order chi connectivity index (χ1) is 6.77. The van der Waals surface area contributed by atoms with Gasteiger partial charge in [0.05, 0.1) is 0 Å². The lowest BCUT2D eigenvalue weighted by Gasteiger charge is -2.04. The summed E-state index contributed by atoms with van der Waals surface area (Å²) in [5.74, 6) is 0.0264. The molecule has 2 nitrogen and oxygen atoms in total. The van der Waals surface area contributed by atoms with Gasteiger partial charge in [-0.1, -0.05) is 41.6 Å². The number of hydrogen-bond donors (Lipinski definition) is 1. The molecule has 76 valence electrons. The SMILES string of the molecule is CCCNC(=O)c1cccc(CI)c1. The van der Waals surface area contributed by atoms with Gasteiger partial charge in [-0.2, -0.15) is 0 Å². The van der Waals surface area contributed by atoms with E-state index in [1.807, 2.05) is 31.2 Å². The Balaban J connectivity index is 2.69. The van der Waals surface area contributed by atoms with Crippen LogP contribution in [-0.4, -0.2) is 12.5 Å². The molecule has 0 heterocycles. The number of benzene rings is 1. The van der Waals surface area contributed by atoms with Crippen molar-refractivity contribution in [3.63, 3.8) is 0 Å². The summed E-state index contributed by atoms with van der Waals surface area (Å²) in [7, 11) is 0.